The maximum atomic E-state index is 12.5. The largest absolute Gasteiger partial charge is 0.343 e. The zero-order valence-electron chi connectivity index (χ0n) is 15.4. The number of para-hydroxylation sites is 2. The lowest BCUT2D eigenvalue weighted by Crippen LogP contribution is -2.15. The Morgan fingerprint density at radius 3 is 2.67 bits per heavy atom. The smallest absolute Gasteiger partial charge is 0.292 e. The molecule has 3 aromatic rings. The predicted molar refractivity (Wildman–Crippen MR) is 115 cm³/mol. The molecule has 1 amide bonds. The van der Waals surface area contributed by atoms with Crippen LogP contribution in [-0.2, 0) is 11.3 Å². The van der Waals surface area contributed by atoms with Crippen LogP contribution in [0.15, 0.2) is 66.4 Å². The van der Waals surface area contributed by atoms with E-state index < -0.39 is 10.8 Å². The van der Waals surface area contributed by atoms with Crippen LogP contribution in [0.5, 0.6) is 0 Å². The van der Waals surface area contributed by atoms with Gasteiger partial charge in [0.15, 0.2) is 0 Å². The van der Waals surface area contributed by atoms with Gasteiger partial charge in [0.25, 0.3) is 11.6 Å². The van der Waals surface area contributed by atoms with Crippen molar-refractivity contribution in [3.05, 3.63) is 97.8 Å². The van der Waals surface area contributed by atoms with Crippen LogP contribution in [0, 0.1) is 21.4 Å². The number of nitriles is 1. The molecule has 30 heavy (non-hydrogen) atoms. The van der Waals surface area contributed by atoms with Crippen molar-refractivity contribution in [3.8, 4) is 6.07 Å². The maximum Gasteiger partial charge on any atom is 0.292 e. The minimum atomic E-state index is -0.746. The second-order valence-electron chi connectivity index (χ2n) is 6.19. The first-order valence-corrected chi connectivity index (χ1v) is 9.40. The summed E-state index contributed by atoms with van der Waals surface area (Å²) in [7, 11) is 0. The Hall–Kier alpha value is -3.60. The highest BCUT2D eigenvalue weighted by molar-refractivity contribution is 6.35. The van der Waals surface area contributed by atoms with E-state index in [1.165, 1.54) is 24.3 Å². The lowest BCUT2D eigenvalue weighted by Gasteiger charge is -2.10. The van der Waals surface area contributed by atoms with Crippen LogP contribution in [0.2, 0.25) is 10.0 Å². The average molecular weight is 441 g/mol. The van der Waals surface area contributed by atoms with E-state index in [1.54, 1.807) is 42.6 Å². The van der Waals surface area contributed by atoms with Gasteiger partial charge in [0, 0.05) is 34.5 Å². The summed E-state index contributed by atoms with van der Waals surface area (Å²) < 4.78 is 1.81. The van der Waals surface area contributed by atoms with Gasteiger partial charge in [-0.3, -0.25) is 14.9 Å². The number of rotatable bonds is 6. The fourth-order valence-electron chi connectivity index (χ4n) is 2.76. The second kappa shape index (κ2) is 9.27. The van der Waals surface area contributed by atoms with Crippen molar-refractivity contribution in [2.75, 3.05) is 5.32 Å². The first-order chi connectivity index (χ1) is 14.4. The molecule has 0 saturated heterocycles. The van der Waals surface area contributed by atoms with E-state index in [2.05, 4.69) is 5.32 Å². The molecule has 0 atom stereocenters. The molecule has 2 aromatic carbocycles. The van der Waals surface area contributed by atoms with Gasteiger partial charge in [-0.25, -0.2) is 0 Å². The van der Waals surface area contributed by atoms with Gasteiger partial charge >= 0.3 is 0 Å². The molecule has 150 valence electrons. The molecule has 1 heterocycles. The van der Waals surface area contributed by atoms with Gasteiger partial charge in [-0.2, -0.15) is 5.26 Å². The number of hydrogen-bond acceptors (Lipinski definition) is 4. The van der Waals surface area contributed by atoms with E-state index in [-0.39, 0.29) is 16.9 Å². The summed E-state index contributed by atoms with van der Waals surface area (Å²) in [4.78, 5) is 23.0. The first-order valence-electron chi connectivity index (χ1n) is 8.64. The zero-order valence-corrected chi connectivity index (χ0v) is 16.9. The highest BCUT2D eigenvalue weighted by Gasteiger charge is 2.17. The van der Waals surface area contributed by atoms with Crippen molar-refractivity contribution in [2.24, 2.45) is 0 Å². The molecule has 0 spiro atoms. The highest BCUT2D eigenvalue weighted by atomic mass is 35.5. The van der Waals surface area contributed by atoms with Gasteiger partial charge in [0.05, 0.1) is 4.92 Å². The minimum absolute atomic E-state index is 0.0111. The molecule has 0 fully saturated rings. The quantitative estimate of drug-likeness (QED) is 0.243. The number of nitrogens with zero attached hydrogens (tertiary/aromatic N) is 3. The van der Waals surface area contributed by atoms with Crippen molar-refractivity contribution in [2.45, 2.75) is 6.54 Å². The highest BCUT2D eigenvalue weighted by Crippen LogP contribution is 2.25. The Kier molecular flexibility index (Phi) is 6.52. The number of carbonyl (C=O) groups is 1. The average Bonchev–Trinajstić information content (AvgIpc) is 3.15. The number of amides is 1. The molecule has 3 rings (SSSR count). The number of carbonyl (C=O) groups excluding carboxylic acids is 1. The van der Waals surface area contributed by atoms with E-state index >= 15 is 0 Å². The molecule has 0 saturated carbocycles. The number of hydrogen-bond donors (Lipinski definition) is 1. The summed E-state index contributed by atoms with van der Waals surface area (Å²) in [5.41, 5.74) is 0.959. The van der Waals surface area contributed by atoms with Gasteiger partial charge in [-0.15, -0.1) is 0 Å². The molecule has 0 aliphatic heterocycles. The standard InChI is InChI=1S/C21H14Cl2N4O3/c22-16-8-7-14(18(23)11-16)13-26-9-3-4-17(26)10-15(12-24)21(28)25-19-5-1-2-6-20(19)27(29)30/h1-11H,13H2,(H,25,28). The van der Waals surface area contributed by atoms with E-state index in [1.807, 2.05) is 10.6 Å². The molecule has 7 nitrogen and oxygen atoms in total. The molecular weight excluding hydrogens is 427 g/mol. The number of aromatic nitrogens is 1. The van der Waals surface area contributed by atoms with Gasteiger partial charge in [-0.1, -0.05) is 41.4 Å². The Balaban J connectivity index is 1.85. The Morgan fingerprint density at radius 2 is 1.97 bits per heavy atom. The van der Waals surface area contributed by atoms with Crippen molar-refractivity contribution in [3.63, 3.8) is 0 Å². The van der Waals surface area contributed by atoms with Crippen LogP contribution in [0.25, 0.3) is 6.08 Å². The molecule has 0 radical (unpaired) electrons. The monoisotopic (exact) mass is 440 g/mol. The molecular formula is C21H14Cl2N4O3. The molecule has 1 aromatic heterocycles. The van der Waals surface area contributed by atoms with Crippen LogP contribution in [0.1, 0.15) is 11.3 Å². The fourth-order valence-corrected chi connectivity index (χ4v) is 3.23. The van der Waals surface area contributed by atoms with E-state index in [9.17, 15) is 20.2 Å². The van der Waals surface area contributed by atoms with Gasteiger partial charge in [-0.05, 0) is 42.0 Å². The molecule has 1 N–H and O–H groups in total. The van der Waals surface area contributed by atoms with Crippen molar-refractivity contribution >= 4 is 46.6 Å². The Labute approximate surface area is 181 Å². The lowest BCUT2D eigenvalue weighted by molar-refractivity contribution is -0.383. The molecule has 9 heteroatoms. The minimum Gasteiger partial charge on any atom is -0.343 e. The van der Waals surface area contributed by atoms with Crippen LogP contribution in [0.4, 0.5) is 11.4 Å². The lowest BCUT2D eigenvalue weighted by atomic mass is 10.2. The molecule has 0 aliphatic rings. The predicted octanol–water partition coefficient (Wildman–Crippen LogP) is 5.30. The van der Waals surface area contributed by atoms with Gasteiger partial charge in [0.1, 0.15) is 17.3 Å². The van der Waals surface area contributed by atoms with Crippen molar-refractivity contribution in [1.29, 1.82) is 5.26 Å². The second-order valence-corrected chi connectivity index (χ2v) is 7.04. The number of benzene rings is 2. The third-order valence-electron chi connectivity index (χ3n) is 4.23. The molecule has 0 aliphatic carbocycles. The summed E-state index contributed by atoms with van der Waals surface area (Å²) in [6.45, 7) is 0.402. The Morgan fingerprint density at radius 1 is 1.20 bits per heavy atom. The maximum absolute atomic E-state index is 12.5. The summed E-state index contributed by atoms with van der Waals surface area (Å²) in [5.74, 6) is -0.746. The van der Waals surface area contributed by atoms with Crippen LogP contribution < -0.4 is 5.32 Å². The van der Waals surface area contributed by atoms with E-state index in [0.717, 1.165) is 5.56 Å². The van der Waals surface area contributed by atoms with E-state index in [0.29, 0.717) is 22.3 Å². The SMILES string of the molecule is N#CC(=Cc1cccn1Cc1ccc(Cl)cc1Cl)C(=O)Nc1ccccc1[N+](=O)[O-]. The van der Waals surface area contributed by atoms with Gasteiger partial charge in [0.2, 0.25) is 0 Å². The fraction of sp³-hybridized carbons (Fsp3) is 0.0476. The van der Waals surface area contributed by atoms with Crippen LogP contribution in [0.3, 0.4) is 0 Å². The van der Waals surface area contributed by atoms with Gasteiger partial charge < -0.3 is 9.88 Å². The van der Waals surface area contributed by atoms with E-state index in [4.69, 9.17) is 23.2 Å². The summed E-state index contributed by atoms with van der Waals surface area (Å²) in [6, 6.07) is 16.2. The molecule has 0 bridgehead atoms. The van der Waals surface area contributed by atoms with Crippen molar-refractivity contribution in [1.82, 2.24) is 4.57 Å². The Bertz CT molecular complexity index is 1190. The summed E-state index contributed by atoms with van der Waals surface area (Å²) in [6.07, 6.45) is 3.19. The topological polar surface area (TPSA) is 101 Å². The third-order valence-corrected chi connectivity index (χ3v) is 4.81. The number of halogens is 2. The number of anilines is 1. The summed E-state index contributed by atoms with van der Waals surface area (Å²) >= 11 is 12.2. The summed E-state index contributed by atoms with van der Waals surface area (Å²) in [5, 5.41) is 24.0. The number of nitrogens with one attached hydrogen (secondary N) is 1. The number of nitro benzene ring substituents is 1. The number of nitro groups is 1. The first kappa shape index (κ1) is 21.1. The molecule has 0 unspecified atom stereocenters. The van der Waals surface area contributed by atoms with Crippen LogP contribution in [-0.4, -0.2) is 15.4 Å². The van der Waals surface area contributed by atoms with Crippen molar-refractivity contribution < 1.29 is 9.72 Å². The normalized spacial score (nSPS) is 11.0. The zero-order chi connectivity index (χ0) is 21.7. The third kappa shape index (κ3) is 4.87. The van der Waals surface area contributed by atoms with Crippen LogP contribution >= 0.6 is 23.2 Å².